The summed E-state index contributed by atoms with van der Waals surface area (Å²) in [5, 5.41) is 0.536. The van der Waals surface area contributed by atoms with Gasteiger partial charge in [0.25, 0.3) is 0 Å². The number of benzene rings is 1. The van der Waals surface area contributed by atoms with Crippen LogP contribution in [0.4, 0.5) is 0 Å². The fourth-order valence-electron chi connectivity index (χ4n) is 1.57. The van der Waals surface area contributed by atoms with Crippen LogP contribution in [0, 0.1) is 0 Å². The minimum atomic E-state index is -0.478. The van der Waals surface area contributed by atoms with Gasteiger partial charge in [0.05, 0.1) is 5.02 Å². The second-order valence-corrected chi connectivity index (χ2v) is 8.60. The normalized spacial score (nSPS) is 11.6. The fraction of sp³-hybridized carbons (Fsp3) is 0.462. The Labute approximate surface area is 127 Å². The van der Waals surface area contributed by atoms with Crippen molar-refractivity contribution in [2.24, 2.45) is 0 Å². The summed E-state index contributed by atoms with van der Waals surface area (Å²) < 4.78 is -0.478. The van der Waals surface area contributed by atoms with Crippen molar-refractivity contribution in [2.45, 2.75) is 17.3 Å². The van der Waals surface area contributed by atoms with Crippen molar-refractivity contribution in [1.29, 1.82) is 0 Å². The number of ketones is 1. The van der Waals surface area contributed by atoms with E-state index in [0.29, 0.717) is 10.6 Å². The molecule has 1 aromatic carbocycles. The number of Topliss-reactive ketones (excluding diaryl/α,β-unsaturated/α-hetero) is 1. The van der Waals surface area contributed by atoms with Crippen molar-refractivity contribution in [1.82, 2.24) is 0 Å². The predicted molar refractivity (Wildman–Crippen MR) is 88.3 cm³/mol. The van der Waals surface area contributed by atoms with Crippen LogP contribution in [0.2, 0.25) is 5.02 Å². The lowest BCUT2D eigenvalue weighted by Gasteiger charge is -2.28. The Bertz CT molecular complexity index is 403. The van der Waals surface area contributed by atoms with Crippen LogP contribution in [0.5, 0.6) is 0 Å². The molecular formula is C13H17ClOS3. The van der Waals surface area contributed by atoms with Gasteiger partial charge in [-0.1, -0.05) is 37.6 Å². The average Bonchev–Trinajstić information content (AvgIpc) is 2.38. The Hall–Kier alpha value is 0.230. The zero-order valence-electron chi connectivity index (χ0n) is 10.7. The molecule has 0 heterocycles. The third-order valence-corrected chi connectivity index (χ3v) is 7.51. The topological polar surface area (TPSA) is 17.1 Å². The van der Waals surface area contributed by atoms with Gasteiger partial charge in [0.1, 0.15) is 0 Å². The molecule has 0 amide bonds. The molecule has 1 rings (SSSR count). The highest BCUT2D eigenvalue weighted by molar-refractivity contribution is 8.34. The molecule has 0 N–H and O–H groups in total. The van der Waals surface area contributed by atoms with Crippen LogP contribution >= 0.6 is 46.9 Å². The van der Waals surface area contributed by atoms with E-state index < -0.39 is 3.41 Å². The van der Waals surface area contributed by atoms with Crippen LogP contribution in [0.3, 0.4) is 0 Å². The molecule has 0 unspecified atom stereocenters. The van der Waals surface area contributed by atoms with E-state index in [4.69, 9.17) is 11.6 Å². The van der Waals surface area contributed by atoms with Gasteiger partial charge in [-0.15, -0.1) is 35.3 Å². The molecule has 0 spiro atoms. The Morgan fingerprint density at radius 2 is 1.78 bits per heavy atom. The first-order valence-corrected chi connectivity index (χ1v) is 9.31. The van der Waals surface area contributed by atoms with E-state index in [1.165, 1.54) is 0 Å². The molecular weight excluding hydrogens is 304 g/mol. The number of rotatable bonds is 7. The summed E-state index contributed by atoms with van der Waals surface area (Å²) in [7, 11) is 0. The third kappa shape index (κ3) is 3.62. The van der Waals surface area contributed by atoms with E-state index in [2.05, 4.69) is 13.8 Å². The third-order valence-electron chi connectivity index (χ3n) is 2.33. The van der Waals surface area contributed by atoms with Crippen LogP contribution in [0.25, 0.3) is 0 Å². The maximum absolute atomic E-state index is 12.8. The van der Waals surface area contributed by atoms with Crippen molar-refractivity contribution in [3.63, 3.8) is 0 Å². The molecule has 100 valence electrons. The summed E-state index contributed by atoms with van der Waals surface area (Å²) in [6, 6.07) is 7.28. The molecule has 0 bridgehead atoms. The zero-order chi connectivity index (χ0) is 13.6. The molecule has 18 heavy (non-hydrogen) atoms. The van der Waals surface area contributed by atoms with Gasteiger partial charge in [-0.3, -0.25) is 4.79 Å². The van der Waals surface area contributed by atoms with Crippen LogP contribution in [-0.4, -0.2) is 27.0 Å². The number of hydrogen-bond acceptors (Lipinski definition) is 4. The van der Waals surface area contributed by atoms with Crippen LogP contribution < -0.4 is 0 Å². The predicted octanol–water partition coefficient (Wildman–Crippen LogP) is 5.05. The standard InChI is InChI=1S/C13H17ClOS3/c1-4-17-13(16-3,18-5-2)12(15)10-8-6-7-9-11(10)14/h6-9H,4-5H2,1-3H3. The lowest BCUT2D eigenvalue weighted by Crippen LogP contribution is -2.28. The molecule has 0 radical (unpaired) electrons. The Kier molecular flexibility index (Phi) is 6.99. The summed E-state index contributed by atoms with van der Waals surface area (Å²) in [4.78, 5) is 12.8. The maximum Gasteiger partial charge on any atom is 0.200 e. The summed E-state index contributed by atoms with van der Waals surface area (Å²) in [5.41, 5.74) is 0.621. The molecule has 0 aliphatic rings. The monoisotopic (exact) mass is 320 g/mol. The highest BCUT2D eigenvalue weighted by Crippen LogP contribution is 2.48. The second-order valence-electron chi connectivity index (χ2n) is 3.44. The molecule has 0 saturated heterocycles. The fourth-order valence-corrected chi connectivity index (χ4v) is 6.02. The highest BCUT2D eigenvalue weighted by Gasteiger charge is 2.39. The quantitative estimate of drug-likeness (QED) is 0.516. The van der Waals surface area contributed by atoms with Gasteiger partial charge < -0.3 is 0 Å². The van der Waals surface area contributed by atoms with Crippen molar-refractivity contribution >= 4 is 52.7 Å². The maximum atomic E-state index is 12.8. The molecule has 0 aliphatic carbocycles. The molecule has 0 saturated carbocycles. The average molecular weight is 321 g/mol. The van der Waals surface area contributed by atoms with Gasteiger partial charge in [-0.2, -0.15) is 0 Å². The van der Waals surface area contributed by atoms with Crippen molar-refractivity contribution in [3.8, 4) is 0 Å². The molecule has 1 aromatic rings. The first-order chi connectivity index (χ1) is 8.61. The summed E-state index contributed by atoms with van der Waals surface area (Å²) in [5.74, 6) is 1.92. The van der Waals surface area contributed by atoms with Gasteiger partial charge in [-0.05, 0) is 29.9 Å². The number of hydrogen-bond donors (Lipinski definition) is 0. The first kappa shape index (κ1) is 16.3. The van der Waals surface area contributed by atoms with Gasteiger partial charge >= 0.3 is 0 Å². The zero-order valence-corrected chi connectivity index (χ0v) is 13.9. The second kappa shape index (κ2) is 7.73. The van der Waals surface area contributed by atoms with E-state index in [0.717, 1.165) is 11.5 Å². The number of halogens is 1. The number of carbonyl (C=O) groups excluding carboxylic acids is 1. The molecule has 5 heteroatoms. The van der Waals surface area contributed by atoms with Gasteiger partial charge in [-0.25, -0.2) is 0 Å². The van der Waals surface area contributed by atoms with E-state index in [1.54, 1.807) is 41.4 Å². The smallest absolute Gasteiger partial charge is 0.200 e. The van der Waals surface area contributed by atoms with Gasteiger partial charge in [0.15, 0.2) is 3.41 Å². The van der Waals surface area contributed by atoms with Crippen LogP contribution in [0.1, 0.15) is 24.2 Å². The summed E-state index contributed by atoms with van der Waals surface area (Å²) >= 11 is 11.1. The summed E-state index contributed by atoms with van der Waals surface area (Å²) in [6.07, 6.45) is 1.99. The molecule has 0 atom stereocenters. The van der Waals surface area contributed by atoms with Gasteiger partial charge in [0.2, 0.25) is 5.78 Å². The van der Waals surface area contributed by atoms with E-state index in [9.17, 15) is 4.79 Å². The first-order valence-electron chi connectivity index (χ1n) is 5.73. The largest absolute Gasteiger partial charge is 0.291 e. The summed E-state index contributed by atoms with van der Waals surface area (Å²) in [6.45, 7) is 4.15. The molecule has 0 aliphatic heterocycles. The lowest BCUT2D eigenvalue weighted by atomic mass is 10.1. The molecule has 1 nitrogen and oxygen atoms in total. The minimum Gasteiger partial charge on any atom is -0.291 e. The van der Waals surface area contributed by atoms with E-state index in [-0.39, 0.29) is 5.78 Å². The van der Waals surface area contributed by atoms with Crippen molar-refractivity contribution in [3.05, 3.63) is 34.9 Å². The van der Waals surface area contributed by atoms with Crippen molar-refractivity contribution in [2.75, 3.05) is 17.8 Å². The lowest BCUT2D eigenvalue weighted by molar-refractivity contribution is 0.100. The highest BCUT2D eigenvalue weighted by atomic mass is 35.5. The molecule has 0 aromatic heterocycles. The molecule has 0 fully saturated rings. The minimum absolute atomic E-state index is 0.110. The number of carbonyl (C=O) groups is 1. The Morgan fingerprint density at radius 3 is 2.22 bits per heavy atom. The SMILES string of the molecule is CCSC(SC)(SCC)C(=O)c1ccccc1Cl. The van der Waals surface area contributed by atoms with Crippen LogP contribution in [-0.2, 0) is 0 Å². The van der Waals surface area contributed by atoms with E-state index in [1.807, 2.05) is 24.5 Å². The Balaban J connectivity index is 3.13. The van der Waals surface area contributed by atoms with Crippen molar-refractivity contribution < 1.29 is 4.79 Å². The van der Waals surface area contributed by atoms with Gasteiger partial charge in [0, 0.05) is 5.56 Å². The Morgan fingerprint density at radius 1 is 1.22 bits per heavy atom. The number of thioether (sulfide) groups is 3. The van der Waals surface area contributed by atoms with E-state index >= 15 is 0 Å². The van der Waals surface area contributed by atoms with Crippen LogP contribution in [0.15, 0.2) is 24.3 Å².